The highest BCUT2D eigenvalue weighted by Crippen LogP contribution is 2.37. The Hall–Kier alpha value is -0.870. The van der Waals surface area contributed by atoms with Gasteiger partial charge in [-0.15, -0.1) is 35.3 Å². The summed E-state index contributed by atoms with van der Waals surface area (Å²) < 4.78 is 0. The first-order valence-corrected chi connectivity index (χ1v) is 10.2. The molecule has 154 valence electrons. The molecule has 6 nitrogen and oxygen atoms in total. The lowest BCUT2D eigenvalue weighted by atomic mass is 9.85. The fraction of sp³-hybridized carbons (Fsp3) is 0.684. The van der Waals surface area contributed by atoms with E-state index in [9.17, 15) is 4.79 Å². The predicted octanol–water partition coefficient (Wildman–Crippen LogP) is 2.61. The molecule has 0 bridgehead atoms. The van der Waals surface area contributed by atoms with E-state index in [1.165, 1.54) is 30.6 Å². The van der Waals surface area contributed by atoms with Crippen molar-refractivity contribution < 1.29 is 4.79 Å². The molecule has 0 unspecified atom stereocenters. The van der Waals surface area contributed by atoms with Crippen LogP contribution in [0.1, 0.15) is 30.6 Å². The van der Waals surface area contributed by atoms with E-state index in [1.54, 1.807) is 30.3 Å². The molecule has 1 aromatic heterocycles. The topological polar surface area (TPSA) is 60.0 Å². The maximum absolute atomic E-state index is 11.9. The molecule has 8 heteroatoms. The maximum atomic E-state index is 11.9. The molecule has 27 heavy (non-hydrogen) atoms. The molecule has 1 aliphatic rings. The van der Waals surface area contributed by atoms with E-state index in [4.69, 9.17) is 0 Å². The summed E-state index contributed by atoms with van der Waals surface area (Å²) in [6.07, 6.45) is 5.08. The number of guanidine groups is 1. The normalized spacial score (nSPS) is 16.1. The van der Waals surface area contributed by atoms with Crippen LogP contribution in [0.3, 0.4) is 0 Å². The molecule has 1 fully saturated rings. The van der Waals surface area contributed by atoms with Crippen molar-refractivity contribution in [3.8, 4) is 0 Å². The fourth-order valence-electron chi connectivity index (χ4n) is 3.50. The second-order valence-corrected chi connectivity index (χ2v) is 8.72. The van der Waals surface area contributed by atoms with Crippen LogP contribution in [-0.2, 0) is 11.3 Å². The van der Waals surface area contributed by atoms with E-state index in [0.717, 1.165) is 25.6 Å². The van der Waals surface area contributed by atoms with Crippen LogP contribution in [0.2, 0.25) is 0 Å². The van der Waals surface area contributed by atoms with Crippen molar-refractivity contribution in [1.29, 1.82) is 0 Å². The van der Waals surface area contributed by atoms with Gasteiger partial charge in [0.2, 0.25) is 5.91 Å². The van der Waals surface area contributed by atoms with Gasteiger partial charge >= 0.3 is 0 Å². The molecular weight excluding hydrogens is 473 g/mol. The van der Waals surface area contributed by atoms with Crippen molar-refractivity contribution in [2.24, 2.45) is 10.4 Å². The predicted molar refractivity (Wildman–Crippen MR) is 125 cm³/mol. The molecule has 0 aliphatic heterocycles. The summed E-state index contributed by atoms with van der Waals surface area (Å²) in [5.41, 5.74) is 0.292. The van der Waals surface area contributed by atoms with E-state index >= 15 is 0 Å². The van der Waals surface area contributed by atoms with Gasteiger partial charge in [-0.1, -0.05) is 18.9 Å². The molecule has 2 N–H and O–H groups in total. The van der Waals surface area contributed by atoms with E-state index in [2.05, 4.69) is 46.1 Å². The number of nitrogens with zero attached hydrogens (tertiary/aromatic N) is 3. The lowest BCUT2D eigenvalue weighted by Crippen LogP contribution is -2.46. The van der Waals surface area contributed by atoms with E-state index in [-0.39, 0.29) is 36.4 Å². The van der Waals surface area contributed by atoms with Crippen LogP contribution >= 0.6 is 35.3 Å². The minimum atomic E-state index is 0. The number of nitrogens with one attached hydrogen (secondary N) is 2. The molecule has 1 amide bonds. The molecule has 0 radical (unpaired) electrons. The van der Waals surface area contributed by atoms with Gasteiger partial charge in [-0.3, -0.25) is 4.79 Å². The summed E-state index contributed by atoms with van der Waals surface area (Å²) in [4.78, 5) is 21.5. The number of thiophene rings is 1. The molecular formula is C19H34IN5OS. The highest BCUT2D eigenvalue weighted by Gasteiger charge is 2.34. The largest absolute Gasteiger partial charge is 0.356 e. The Kier molecular flexibility index (Phi) is 10.6. The van der Waals surface area contributed by atoms with Crippen LogP contribution in [0.4, 0.5) is 0 Å². The number of amides is 1. The van der Waals surface area contributed by atoms with Crippen LogP contribution in [-0.4, -0.2) is 69.5 Å². The zero-order valence-electron chi connectivity index (χ0n) is 17.0. The van der Waals surface area contributed by atoms with Gasteiger partial charge in [0, 0.05) is 37.5 Å². The summed E-state index contributed by atoms with van der Waals surface area (Å²) >= 11 is 1.72. The molecule has 0 spiro atoms. The third-order valence-corrected chi connectivity index (χ3v) is 5.70. The first-order valence-electron chi connectivity index (χ1n) is 9.30. The average Bonchev–Trinajstić information content (AvgIpc) is 3.25. The lowest BCUT2D eigenvalue weighted by molar-refractivity contribution is -0.127. The molecule has 2 rings (SSSR count). The number of likely N-dealkylation sites (N-methyl/N-ethyl adjacent to an activating group) is 1. The van der Waals surface area contributed by atoms with Gasteiger partial charge in [0.05, 0.1) is 6.54 Å². The van der Waals surface area contributed by atoms with Crippen molar-refractivity contribution >= 4 is 47.2 Å². The molecule has 1 heterocycles. The quantitative estimate of drug-likeness (QED) is 0.323. The number of carbonyl (C=O) groups excluding carboxylic acids is 1. The Morgan fingerprint density at radius 1 is 1.22 bits per heavy atom. The maximum Gasteiger partial charge on any atom is 0.243 e. The average molecular weight is 507 g/mol. The van der Waals surface area contributed by atoms with Gasteiger partial charge in [-0.25, -0.2) is 4.99 Å². The third kappa shape index (κ3) is 8.35. The summed E-state index contributed by atoms with van der Waals surface area (Å²) in [5, 5.41) is 8.96. The second-order valence-electron chi connectivity index (χ2n) is 7.68. The number of aliphatic imine (C=N–C) groups is 1. The Bertz CT molecular complexity index is 583. The van der Waals surface area contributed by atoms with Gasteiger partial charge in [-0.2, -0.15) is 0 Å². The van der Waals surface area contributed by atoms with Crippen molar-refractivity contribution in [3.63, 3.8) is 0 Å². The summed E-state index contributed by atoms with van der Waals surface area (Å²) in [5.74, 6) is 0.727. The van der Waals surface area contributed by atoms with Gasteiger partial charge in [0.1, 0.15) is 6.54 Å². The monoisotopic (exact) mass is 507 g/mol. The van der Waals surface area contributed by atoms with E-state index < -0.39 is 0 Å². The smallest absolute Gasteiger partial charge is 0.243 e. The Morgan fingerprint density at radius 2 is 1.93 bits per heavy atom. The van der Waals surface area contributed by atoms with Crippen LogP contribution in [0.15, 0.2) is 22.5 Å². The Morgan fingerprint density at radius 3 is 2.48 bits per heavy atom. The van der Waals surface area contributed by atoms with Crippen LogP contribution in [0.25, 0.3) is 0 Å². The number of halogens is 1. The van der Waals surface area contributed by atoms with Crippen molar-refractivity contribution in [2.45, 2.75) is 32.2 Å². The number of rotatable bonds is 8. The molecule has 1 aromatic rings. The first-order chi connectivity index (χ1) is 12.4. The molecule has 0 saturated heterocycles. The van der Waals surface area contributed by atoms with Gasteiger partial charge in [0.25, 0.3) is 0 Å². The minimum Gasteiger partial charge on any atom is -0.356 e. The van der Waals surface area contributed by atoms with Crippen molar-refractivity contribution in [2.75, 3.05) is 47.8 Å². The number of hydrogen-bond donors (Lipinski definition) is 2. The van der Waals surface area contributed by atoms with Gasteiger partial charge in [0.15, 0.2) is 5.96 Å². The fourth-order valence-corrected chi connectivity index (χ4v) is 4.15. The van der Waals surface area contributed by atoms with Crippen LogP contribution in [0.5, 0.6) is 0 Å². The van der Waals surface area contributed by atoms with Gasteiger partial charge < -0.3 is 20.4 Å². The zero-order valence-corrected chi connectivity index (χ0v) is 20.1. The summed E-state index contributed by atoms with van der Waals surface area (Å²) in [7, 11) is 7.79. The van der Waals surface area contributed by atoms with Crippen molar-refractivity contribution in [1.82, 2.24) is 20.4 Å². The second kappa shape index (κ2) is 11.9. The molecule has 1 saturated carbocycles. The number of carbonyl (C=O) groups is 1. The van der Waals surface area contributed by atoms with Crippen LogP contribution < -0.4 is 10.6 Å². The minimum absolute atomic E-state index is 0. The summed E-state index contributed by atoms with van der Waals surface area (Å²) in [6.45, 7) is 2.85. The highest BCUT2D eigenvalue weighted by atomic mass is 127. The standard InChI is InChI=1S/C19H33N5OS.HI/c1-23(2)15-19(9-5-6-10-19)14-22-18(21-13-17(25)24(3)4)20-12-16-8-7-11-26-16;/h7-8,11H,5-6,9-10,12-15H2,1-4H3,(H2,20,21,22);1H. The Balaban J connectivity index is 0.00000364. The van der Waals surface area contributed by atoms with Crippen LogP contribution in [0, 0.1) is 5.41 Å². The first kappa shape index (κ1) is 24.2. The summed E-state index contributed by atoms with van der Waals surface area (Å²) in [6, 6.07) is 4.15. The zero-order chi connectivity index (χ0) is 19.0. The van der Waals surface area contributed by atoms with Gasteiger partial charge in [-0.05, 0) is 38.4 Å². The number of hydrogen-bond acceptors (Lipinski definition) is 4. The van der Waals surface area contributed by atoms with E-state index in [0.29, 0.717) is 5.41 Å². The Labute approximate surface area is 184 Å². The molecule has 0 aromatic carbocycles. The van der Waals surface area contributed by atoms with Crippen molar-refractivity contribution in [3.05, 3.63) is 22.4 Å². The lowest BCUT2D eigenvalue weighted by Gasteiger charge is -2.33. The molecule has 0 atom stereocenters. The van der Waals surface area contributed by atoms with E-state index in [1.807, 2.05) is 6.07 Å². The third-order valence-electron chi connectivity index (χ3n) is 4.83. The highest BCUT2D eigenvalue weighted by molar-refractivity contribution is 14.0. The molecule has 1 aliphatic carbocycles. The SMILES string of the molecule is CN(C)CC1(CNC(=NCC(=O)N(C)C)NCc2cccs2)CCCC1.I.